The molecule has 0 radical (unpaired) electrons. The zero-order valence-corrected chi connectivity index (χ0v) is 18.3. The van der Waals surface area contributed by atoms with Gasteiger partial charge in [-0.15, -0.1) is 0 Å². The van der Waals surface area contributed by atoms with Crippen LogP contribution in [0.2, 0.25) is 0 Å². The van der Waals surface area contributed by atoms with Crippen LogP contribution in [0.15, 0.2) is 66.9 Å². The predicted octanol–water partition coefficient (Wildman–Crippen LogP) is 4.86. The standard InChI is InChI=1S/C21H14FIN4O2S/c22-15-11-13(23)8-9-16(15)25-21-17(14-7-4-10-24-20(14)30-21)19(29)27-26-18(28)12-5-2-1-3-6-12/h1-11,25H,(H,26,28)(H,27,29). The van der Waals surface area contributed by atoms with E-state index in [9.17, 15) is 14.0 Å². The summed E-state index contributed by atoms with van der Waals surface area (Å²) in [6.07, 6.45) is 1.62. The summed E-state index contributed by atoms with van der Waals surface area (Å²) in [7, 11) is 0. The highest BCUT2D eigenvalue weighted by atomic mass is 127. The lowest BCUT2D eigenvalue weighted by atomic mass is 10.2. The van der Waals surface area contributed by atoms with Gasteiger partial charge in [0.2, 0.25) is 0 Å². The minimum absolute atomic E-state index is 0.240. The third-order valence-corrected chi connectivity index (χ3v) is 5.90. The number of carbonyl (C=O) groups is 2. The lowest BCUT2D eigenvalue weighted by Gasteiger charge is -2.10. The van der Waals surface area contributed by atoms with Crippen LogP contribution in [-0.2, 0) is 0 Å². The second-order valence-corrected chi connectivity index (χ2v) is 8.43. The van der Waals surface area contributed by atoms with Gasteiger partial charge in [0.25, 0.3) is 11.8 Å². The van der Waals surface area contributed by atoms with Gasteiger partial charge in [0.15, 0.2) is 0 Å². The maximum absolute atomic E-state index is 14.3. The highest BCUT2D eigenvalue weighted by molar-refractivity contribution is 14.1. The van der Waals surface area contributed by atoms with Crippen molar-refractivity contribution in [1.29, 1.82) is 0 Å². The van der Waals surface area contributed by atoms with Crippen molar-refractivity contribution in [3.8, 4) is 0 Å². The molecule has 0 spiro atoms. The molecule has 9 heteroatoms. The number of nitrogens with one attached hydrogen (secondary N) is 3. The van der Waals surface area contributed by atoms with Crippen LogP contribution in [0, 0.1) is 9.39 Å². The van der Waals surface area contributed by atoms with Crippen molar-refractivity contribution in [2.24, 2.45) is 0 Å². The average molecular weight is 532 g/mol. The summed E-state index contributed by atoms with van der Waals surface area (Å²) < 4.78 is 15.1. The average Bonchev–Trinajstić information content (AvgIpc) is 3.12. The number of benzene rings is 2. The van der Waals surface area contributed by atoms with Gasteiger partial charge in [-0.3, -0.25) is 20.4 Å². The van der Waals surface area contributed by atoms with Gasteiger partial charge < -0.3 is 5.32 Å². The fourth-order valence-electron chi connectivity index (χ4n) is 2.80. The van der Waals surface area contributed by atoms with Gasteiger partial charge in [-0.1, -0.05) is 29.5 Å². The summed E-state index contributed by atoms with van der Waals surface area (Å²) in [5.41, 5.74) is 5.76. The second kappa shape index (κ2) is 8.76. The molecule has 30 heavy (non-hydrogen) atoms. The topological polar surface area (TPSA) is 83.1 Å². The smallest absolute Gasteiger partial charge is 0.273 e. The molecule has 0 bridgehead atoms. The number of carbonyl (C=O) groups excluding carboxylic acids is 2. The van der Waals surface area contributed by atoms with Gasteiger partial charge in [0.1, 0.15) is 15.6 Å². The molecule has 6 nitrogen and oxygen atoms in total. The quantitative estimate of drug-likeness (QED) is 0.259. The zero-order chi connectivity index (χ0) is 21.1. The largest absolute Gasteiger partial charge is 0.344 e. The van der Waals surface area contributed by atoms with Crippen LogP contribution in [0.25, 0.3) is 10.2 Å². The molecule has 4 rings (SSSR count). The number of rotatable bonds is 4. The lowest BCUT2D eigenvalue weighted by molar-refractivity contribution is 0.0848. The van der Waals surface area contributed by atoms with Gasteiger partial charge in [-0.25, -0.2) is 9.37 Å². The number of hydrogen-bond acceptors (Lipinski definition) is 5. The lowest BCUT2D eigenvalue weighted by Crippen LogP contribution is -2.41. The van der Waals surface area contributed by atoms with E-state index in [2.05, 4.69) is 21.2 Å². The molecule has 2 amide bonds. The summed E-state index contributed by atoms with van der Waals surface area (Å²) in [5, 5.41) is 4.01. The van der Waals surface area contributed by atoms with Crippen LogP contribution >= 0.6 is 33.9 Å². The first-order chi connectivity index (χ1) is 14.5. The fourth-order valence-corrected chi connectivity index (χ4v) is 4.30. The third kappa shape index (κ3) is 4.26. The van der Waals surface area contributed by atoms with Gasteiger partial charge >= 0.3 is 0 Å². The number of anilines is 2. The number of amides is 2. The Morgan fingerprint density at radius 2 is 1.73 bits per heavy atom. The minimum atomic E-state index is -0.535. The van der Waals surface area contributed by atoms with Crippen molar-refractivity contribution in [2.75, 3.05) is 5.32 Å². The van der Waals surface area contributed by atoms with Crippen LogP contribution in [0.5, 0.6) is 0 Å². The SMILES string of the molecule is O=C(NNC(=O)c1c(Nc2ccc(I)cc2F)sc2ncccc12)c1ccccc1. The molecule has 0 atom stereocenters. The van der Waals surface area contributed by atoms with Gasteiger partial charge in [-0.05, 0) is 65.1 Å². The maximum Gasteiger partial charge on any atom is 0.273 e. The summed E-state index contributed by atoms with van der Waals surface area (Å²) in [6, 6.07) is 16.8. The van der Waals surface area contributed by atoms with E-state index >= 15 is 0 Å². The Hall–Kier alpha value is -3.05. The summed E-state index contributed by atoms with van der Waals surface area (Å²) in [5.74, 6) is -1.41. The number of nitrogens with zero attached hydrogens (tertiary/aromatic N) is 1. The van der Waals surface area contributed by atoms with Gasteiger partial charge in [0, 0.05) is 20.7 Å². The molecule has 0 aliphatic carbocycles. The molecule has 2 aromatic carbocycles. The molecule has 3 N–H and O–H groups in total. The predicted molar refractivity (Wildman–Crippen MR) is 123 cm³/mol. The summed E-state index contributed by atoms with van der Waals surface area (Å²) in [6.45, 7) is 0. The number of fused-ring (bicyclic) bond motifs is 1. The fraction of sp³-hybridized carbons (Fsp3) is 0. The Bertz CT molecular complexity index is 1250. The van der Waals surface area contributed by atoms with Gasteiger partial charge in [-0.2, -0.15) is 0 Å². The second-order valence-electron chi connectivity index (χ2n) is 6.19. The highest BCUT2D eigenvalue weighted by Gasteiger charge is 2.21. The molecule has 0 aliphatic heterocycles. The Morgan fingerprint density at radius 3 is 2.50 bits per heavy atom. The molecule has 0 saturated carbocycles. The normalized spacial score (nSPS) is 10.6. The number of hydrazine groups is 1. The molecular weight excluding hydrogens is 518 g/mol. The Labute approximate surface area is 188 Å². The van der Waals surface area contributed by atoms with E-state index in [-0.39, 0.29) is 11.3 Å². The molecule has 2 aromatic heterocycles. The van der Waals surface area contributed by atoms with Crippen molar-refractivity contribution in [1.82, 2.24) is 15.8 Å². The van der Waals surface area contributed by atoms with Crippen molar-refractivity contribution in [3.05, 3.63) is 87.4 Å². The summed E-state index contributed by atoms with van der Waals surface area (Å²) >= 11 is 3.25. The first kappa shape index (κ1) is 20.2. The minimum Gasteiger partial charge on any atom is -0.344 e. The number of thiophene rings is 1. The van der Waals surface area contributed by atoms with Gasteiger partial charge in [0.05, 0.1) is 11.3 Å². The van der Waals surface area contributed by atoms with E-state index in [1.807, 2.05) is 22.6 Å². The van der Waals surface area contributed by atoms with Crippen LogP contribution in [-0.4, -0.2) is 16.8 Å². The highest BCUT2D eigenvalue weighted by Crippen LogP contribution is 2.36. The molecular formula is C21H14FIN4O2S. The van der Waals surface area contributed by atoms with Crippen LogP contribution in [0.1, 0.15) is 20.7 Å². The first-order valence-corrected chi connectivity index (χ1v) is 10.7. The summed E-state index contributed by atoms with van der Waals surface area (Å²) in [4.78, 5) is 30.1. The molecule has 150 valence electrons. The Kier molecular flexibility index (Phi) is 5.91. The van der Waals surface area contributed by atoms with E-state index in [4.69, 9.17) is 0 Å². The van der Waals surface area contributed by atoms with Crippen molar-refractivity contribution >= 4 is 66.6 Å². The van der Waals surface area contributed by atoms with Crippen molar-refractivity contribution in [2.45, 2.75) is 0 Å². The number of halogens is 2. The molecule has 0 aliphatic rings. The van der Waals surface area contributed by atoms with E-state index in [0.717, 1.165) is 3.57 Å². The number of aromatic nitrogens is 1. The molecule has 4 aromatic rings. The number of hydrogen-bond donors (Lipinski definition) is 3. The van der Waals surface area contributed by atoms with E-state index in [0.29, 0.717) is 20.8 Å². The van der Waals surface area contributed by atoms with Crippen molar-refractivity contribution in [3.63, 3.8) is 0 Å². The van der Waals surface area contributed by atoms with Crippen molar-refractivity contribution < 1.29 is 14.0 Å². The van der Waals surface area contributed by atoms with Crippen LogP contribution in [0.3, 0.4) is 0 Å². The monoisotopic (exact) mass is 532 g/mol. The molecule has 0 fully saturated rings. The van der Waals surface area contributed by atoms with E-state index < -0.39 is 17.6 Å². The first-order valence-electron chi connectivity index (χ1n) is 8.78. The van der Waals surface area contributed by atoms with E-state index in [1.54, 1.807) is 60.8 Å². The maximum atomic E-state index is 14.3. The molecule has 0 unspecified atom stereocenters. The number of pyridine rings is 1. The molecule has 0 saturated heterocycles. The third-order valence-electron chi connectivity index (χ3n) is 4.20. The Morgan fingerprint density at radius 1 is 0.967 bits per heavy atom. The van der Waals surface area contributed by atoms with Crippen LogP contribution in [0.4, 0.5) is 15.1 Å². The molecule has 2 heterocycles. The van der Waals surface area contributed by atoms with E-state index in [1.165, 1.54) is 17.4 Å². The zero-order valence-electron chi connectivity index (χ0n) is 15.3. The Balaban J connectivity index is 1.62. The van der Waals surface area contributed by atoms with Crippen LogP contribution < -0.4 is 16.2 Å².